The Kier molecular flexibility index (Phi) is 4.87. The van der Waals surface area contributed by atoms with Crippen LogP contribution in [-0.2, 0) is 0 Å². The number of rotatable bonds is 2. The van der Waals surface area contributed by atoms with E-state index in [4.69, 9.17) is 0 Å². The first-order valence-electron chi connectivity index (χ1n) is 7.61. The van der Waals surface area contributed by atoms with Gasteiger partial charge in [-0.25, -0.2) is 0 Å². The number of hydrogen-bond donors (Lipinski definition) is 1. The van der Waals surface area contributed by atoms with Crippen molar-refractivity contribution in [3.05, 3.63) is 0 Å². The van der Waals surface area contributed by atoms with Crippen molar-refractivity contribution in [1.82, 2.24) is 10.2 Å². The van der Waals surface area contributed by atoms with Crippen LogP contribution in [0.2, 0.25) is 0 Å². The summed E-state index contributed by atoms with van der Waals surface area (Å²) in [5, 5.41) is 3.52. The van der Waals surface area contributed by atoms with Gasteiger partial charge >= 0.3 is 0 Å². The molecule has 1 aliphatic heterocycles. The molecule has 0 amide bonds. The van der Waals surface area contributed by atoms with E-state index in [0.717, 1.165) is 23.9 Å². The first-order chi connectivity index (χ1) is 8.18. The van der Waals surface area contributed by atoms with Crippen LogP contribution in [0, 0.1) is 11.8 Å². The Bertz CT molecular complexity index is 221. The fourth-order valence-corrected chi connectivity index (χ4v) is 3.60. The summed E-state index contributed by atoms with van der Waals surface area (Å²) in [7, 11) is 2.38. The maximum Gasteiger partial charge on any atom is 0.0108 e. The van der Waals surface area contributed by atoms with Gasteiger partial charge in [0.25, 0.3) is 0 Å². The summed E-state index contributed by atoms with van der Waals surface area (Å²) < 4.78 is 0. The minimum atomic E-state index is 0.829. The highest BCUT2D eigenvalue weighted by molar-refractivity contribution is 4.85. The van der Waals surface area contributed by atoms with Crippen molar-refractivity contribution in [3.8, 4) is 0 Å². The van der Waals surface area contributed by atoms with E-state index in [1.54, 1.807) is 0 Å². The molecular formula is C15H30N2. The summed E-state index contributed by atoms with van der Waals surface area (Å²) in [5.74, 6) is 1.86. The van der Waals surface area contributed by atoms with E-state index in [2.05, 4.69) is 31.1 Å². The second-order valence-corrected chi connectivity index (χ2v) is 6.42. The first-order valence-corrected chi connectivity index (χ1v) is 7.61. The molecule has 2 aliphatic rings. The van der Waals surface area contributed by atoms with Gasteiger partial charge in [0.05, 0.1) is 0 Å². The zero-order valence-corrected chi connectivity index (χ0v) is 11.9. The lowest BCUT2D eigenvalue weighted by Crippen LogP contribution is -2.44. The molecule has 1 aliphatic carbocycles. The van der Waals surface area contributed by atoms with Crippen molar-refractivity contribution in [3.63, 3.8) is 0 Å². The van der Waals surface area contributed by atoms with Gasteiger partial charge in [-0.05, 0) is 70.5 Å². The minimum Gasteiger partial charge on any atom is -0.317 e. The molecule has 2 fully saturated rings. The molecule has 1 saturated carbocycles. The largest absolute Gasteiger partial charge is 0.317 e. The Morgan fingerprint density at radius 1 is 0.882 bits per heavy atom. The lowest BCUT2D eigenvalue weighted by molar-refractivity contribution is 0.0899. The van der Waals surface area contributed by atoms with Gasteiger partial charge in [0, 0.05) is 12.1 Å². The number of hydrogen-bond acceptors (Lipinski definition) is 2. The van der Waals surface area contributed by atoms with Crippen molar-refractivity contribution in [1.29, 1.82) is 0 Å². The minimum absolute atomic E-state index is 0.829. The number of nitrogens with one attached hydrogen (secondary N) is 1. The third-order valence-electron chi connectivity index (χ3n) is 5.27. The molecule has 1 N–H and O–H groups in total. The molecule has 0 aromatic heterocycles. The highest BCUT2D eigenvalue weighted by atomic mass is 15.2. The van der Waals surface area contributed by atoms with Crippen LogP contribution in [0.25, 0.3) is 0 Å². The second kappa shape index (κ2) is 6.19. The van der Waals surface area contributed by atoms with Gasteiger partial charge < -0.3 is 10.2 Å². The Labute approximate surface area is 107 Å². The van der Waals surface area contributed by atoms with E-state index in [-0.39, 0.29) is 0 Å². The van der Waals surface area contributed by atoms with Crippen LogP contribution in [0.15, 0.2) is 0 Å². The fraction of sp³-hybridized carbons (Fsp3) is 1.00. The van der Waals surface area contributed by atoms with Gasteiger partial charge in [-0.2, -0.15) is 0 Å². The van der Waals surface area contributed by atoms with E-state index >= 15 is 0 Å². The molecule has 4 atom stereocenters. The van der Waals surface area contributed by atoms with Crippen LogP contribution >= 0.6 is 0 Å². The molecule has 2 heteroatoms. The molecule has 4 unspecified atom stereocenters. The van der Waals surface area contributed by atoms with Crippen LogP contribution in [0.5, 0.6) is 0 Å². The predicted molar refractivity (Wildman–Crippen MR) is 74.2 cm³/mol. The predicted octanol–water partition coefficient (Wildman–Crippen LogP) is 2.89. The average molecular weight is 238 g/mol. The van der Waals surface area contributed by atoms with Crippen molar-refractivity contribution in [2.24, 2.45) is 11.8 Å². The van der Waals surface area contributed by atoms with Crippen LogP contribution in [-0.4, -0.2) is 37.1 Å². The first kappa shape index (κ1) is 13.4. The van der Waals surface area contributed by atoms with E-state index in [1.807, 2.05) is 0 Å². The van der Waals surface area contributed by atoms with Gasteiger partial charge in [0.15, 0.2) is 0 Å². The summed E-state index contributed by atoms with van der Waals surface area (Å²) in [6.45, 7) is 7.31. The average Bonchev–Trinajstić information content (AvgIpc) is 2.60. The molecule has 0 aromatic carbocycles. The quantitative estimate of drug-likeness (QED) is 0.796. The molecule has 2 nitrogen and oxygen atoms in total. The molecule has 0 spiro atoms. The van der Waals surface area contributed by atoms with Gasteiger partial charge in [0.2, 0.25) is 0 Å². The van der Waals surface area contributed by atoms with E-state index in [9.17, 15) is 0 Å². The molecule has 17 heavy (non-hydrogen) atoms. The third kappa shape index (κ3) is 3.45. The van der Waals surface area contributed by atoms with Crippen molar-refractivity contribution >= 4 is 0 Å². The third-order valence-corrected chi connectivity index (χ3v) is 5.27. The molecule has 0 radical (unpaired) electrons. The molecule has 100 valence electrons. The molecule has 0 bridgehead atoms. The molecule has 1 heterocycles. The zero-order chi connectivity index (χ0) is 12.3. The SMILES string of the molecule is CC1CCC(N(C)C2CCCNCC2)CC1C. The standard InChI is InChI=1S/C15H30N2/c1-12-6-7-15(11-13(12)2)17(3)14-5-4-9-16-10-8-14/h12-16H,4-11H2,1-3H3. The van der Waals surface area contributed by atoms with Crippen LogP contribution in [0.1, 0.15) is 52.4 Å². The lowest BCUT2D eigenvalue weighted by Gasteiger charge is -2.41. The van der Waals surface area contributed by atoms with E-state index < -0.39 is 0 Å². The Hall–Kier alpha value is -0.0800. The van der Waals surface area contributed by atoms with E-state index in [0.29, 0.717) is 0 Å². The molecule has 2 rings (SSSR count). The van der Waals surface area contributed by atoms with Crippen LogP contribution in [0.4, 0.5) is 0 Å². The highest BCUT2D eigenvalue weighted by Gasteiger charge is 2.30. The van der Waals surface area contributed by atoms with Crippen molar-refractivity contribution < 1.29 is 0 Å². The van der Waals surface area contributed by atoms with Crippen LogP contribution in [0.3, 0.4) is 0 Å². The monoisotopic (exact) mass is 238 g/mol. The summed E-state index contributed by atoms with van der Waals surface area (Å²) in [6.07, 6.45) is 8.36. The summed E-state index contributed by atoms with van der Waals surface area (Å²) >= 11 is 0. The van der Waals surface area contributed by atoms with Gasteiger partial charge in [-0.15, -0.1) is 0 Å². The van der Waals surface area contributed by atoms with Crippen molar-refractivity contribution in [2.75, 3.05) is 20.1 Å². The molecule has 0 aromatic rings. The van der Waals surface area contributed by atoms with Crippen molar-refractivity contribution in [2.45, 2.75) is 64.5 Å². The summed E-state index contributed by atoms with van der Waals surface area (Å²) in [4.78, 5) is 2.72. The molecule has 1 saturated heterocycles. The fourth-order valence-electron chi connectivity index (χ4n) is 3.60. The van der Waals surface area contributed by atoms with Crippen LogP contribution < -0.4 is 5.32 Å². The van der Waals surface area contributed by atoms with Gasteiger partial charge in [0.1, 0.15) is 0 Å². The smallest absolute Gasteiger partial charge is 0.0108 e. The Morgan fingerprint density at radius 2 is 1.71 bits per heavy atom. The summed E-state index contributed by atoms with van der Waals surface area (Å²) in [6, 6.07) is 1.68. The number of nitrogens with zero attached hydrogens (tertiary/aromatic N) is 1. The van der Waals surface area contributed by atoms with Gasteiger partial charge in [-0.3, -0.25) is 0 Å². The normalized spacial score (nSPS) is 40.2. The Balaban J connectivity index is 1.87. The highest BCUT2D eigenvalue weighted by Crippen LogP contribution is 2.33. The molecular weight excluding hydrogens is 208 g/mol. The maximum atomic E-state index is 3.52. The zero-order valence-electron chi connectivity index (χ0n) is 11.9. The summed E-state index contributed by atoms with van der Waals surface area (Å²) in [5.41, 5.74) is 0. The van der Waals surface area contributed by atoms with Gasteiger partial charge in [-0.1, -0.05) is 13.8 Å². The lowest BCUT2D eigenvalue weighted by atomic mass is 9.78. The maximum absolute atomic E-state index is 3.52. The Morgan fingerprint density at radius 3 is 2.47 bits per heavy atom. The van der Waals surface area contributed by atoms with E-state index in [1.165, 1.54) is 51.6 Å². The topological polar surface area (TPSA) is 15.3 Å². The second-order valence-electron chi connectivity index (χ2n) is 6.42.